The van der Waals surface area contributed by atoms with Crippen LogP contribution in [0.3, 0.4) is 0 Å². The molecular formula is C11H16N2OS. The summed E-state index contributed by atoms with van der Waals surface area (Å²) in [5.74, 6) is 0. The number of rotatable bonds is 3. The predicted octanol–water partition coefficient (Wildman–Crippen LogP) is 1.70. The molecule has 4 heteroatoms. The van der Waals surface area contributed by atoms with Crippen molar-refractivity contribution in [3.05, 3.63) is 30.3 Å². The number of aliphatic hydroxyl groups excluding tert-OH is 1. The van der Waals surface area contributed by atoms with Crippen LogP contribution in [-0.4, -0.2) is 34.8 Å². The standard InChI is InChI=1S/C11H16N2OS/c1-9(14)8-13(2)11(15)12-10-6-4-3-5-7-10/h3-7,9,14H,8H2,1-2H3,(H,12,15). The van der Waals surface area contributed by atoms with Gasteiger partial charge in [0.25, 0.3) is 0 Å². The number of hydrogen-bond donors (Lipinski definition) is 2. The fraction of sp³-hybridized carbons (Fsp3) is 0.364. The lowest BCUT2D eigenvalue weighted by Gasteiger charge is -2.22. The van der Waals surface area contributed by atoms with Crippen LogP contribution < -0.4 is 5.32 Å². The summed E-state index contributed by atoms with van der Waals surface area (Å²) < 4.78 is 0. The van der Waals surface area contributed by atoms with Crippen molar-refractivity contribution in [1.82, 2.24) is 4.90 Å². The molecule has 0 radical (unpaired) electrons. The Hall–Kier alpha value is -1.13. The lowest BCUT2D eigenvalue weighted by atomic mass is 10.3. The lowest BCUT2D eigenvalue weighted by molar-refractivity contribution is 0.169. The largest absolute Gasteiger partial charge is 0.392 e. The molecule has 0 fully saturated rings. The Labute approximate surface area is 95.7 Å². The first kappa shape index (κ1) is 11.9. The van der Waals surface area contributed by atoms with Gasteiger partial charge < -0.3 is 15.3 Å². The van der Waals surface area contributed by atoms with Crippen molar-refractivity contribution in [2.45, 2.75) is 13.0 Å². The molecule has 0 saturated carbocycles. The molecule has 1 aromatic rings. The zero-order valence-electron chi connectivity index (χ0n) is 8.97. The van der Waals surface area contributed by atoms with Gasteiger partial charge in [0, 0.05) is 19.3 Å². The molecule has 3 nitrogen and oxygen atoms in total. The van der Waals surface area contributed by atoms with E-state index in [2.05, 4.69) is 5.32 Å². The normalized spacial score (nSPS) is 11.9. The molecule has 1 atom stereocenters. The minimum Gasteiger partial charge on any atom is -0.392 e. The third kappa shape index (κ3) is 4.27. The molecule has 0 aliphatic carbocycles. The van der Waals surface area contributed by atoms with Crippen LogP contribution in [0.25, 0.3) is 0 Å². The first-order chi connectivity index (χ1) is 7.09. The molecule has 2 N–H and O–H groups in total. The van der Waals surface area contributed by atoms with E-state index in [1.54, 1.807) is 6.92 Å². The van der Waals surface area contributed by atoms with Crippen molar-refractivity contribution >= 4 is 23.0 Å². The van der Waals surface area contributed by atoms with Crippen LogP contribution in [0.1, 0.15) is 6.92 Å². The third-order valence-electron chi connectivity index (χ3n) is 1.91. The Morgan fingerprint density at radius 3 is 2.60 bits per heavy atom. The van der Waals surface area contributed by atoms with Gasteiger partial charge in [-0.2, -0.15) is 0 Å². The summed E-state index contributed by atoms with van der Waals surface area (Å²) in [4.78, 5) is 1.81. The summed E-state index contributed by atoms with van der Waals surface area (Å²) in [5, 5.41) is 12.9. The van der Waals surface area contributed by atoms with Gasteiger partial charge in [0.2, 0.25) is 0 Å². The number of hydrogen-bond acceptors (Lipinski definition) is 2. The van der Waals surface area contributed by atoms with Gasteiger partial charge in [0.15, 0.2) is 5.11 Å². The highest BCUT2D eigenvalue weighted by Gasteiger charge is 2.06. The molecule has 0 aliphatic heterocycles. The highest BCUT2D eigenvalue weighted by Crippen LogP contribution is 2.06. The molecule has 1 rings (SSSR count). The van der Waals surface area contributed by atoms with Crippen molar-refractivity contribution in [3.8, 4) is 0 Å². The number of anilines is 1. The van der Waals surface area contributed by atoms with Crippen LogP contribution in [-0.2, 0) is 0 Å². The highest BCUT2D eigenvalue weighted by molar-refractivity contribution is 7.80. The molecule has 1 unspecified atom stereocenters. The zero-order valence-corrected chi connectivity index (χ0v) is 9.79. The average molecular weight is 224 g/mol. The van der Waals surface area contributed by atoms with Crippen LogP contribution in [0.15, 0.2) is 30.3 Å². The summed E-state index contributed by atoms with van der Waals surface area (Å²) in [7, 11) is 1.85. The van der Waals surface area contributed by atoms with E-state index in [1.807, 2.05) is 42.3 Å². The van der Waals surface area contributed by atoms with Crippen LogP contribution in [0, 0.1) is 0 Å². The fourth-order valence-corrected chi connectivity index (χ4v) is 1.41. The summed E-state index contributed by atoms with van der Waals surface area (Å²) >= 11 is 5.18. The number of nitrogens with one attached hydrogen (secondary N) is 1. The SMILES string of the molecule is CC(O)CN(C)C(=S)Nc1ccccc1. The molecule has 0 heterocycles. The number of aliphatic hydroxyl groups is 1. The topological polar surface area (TPSA) is 35.5 Å². The second-order valence-corrected chi connectivity index (χ2v) is 3.91. The molecule has 0 bridgehead atoms. The molecule has 0 saturated heterocycles. The van der Waals surface area contributed by atoms with Crippen LogP contribution >= 0.6 is 12.2 Å². The zero-order chi connectivity index (χ0) is 11.3. The first-order valence-electron chi connectivity index (χ1n) is 4.85. The van der Waals surface area contributed by atoms with Gasteiger partial charge in [-0.15, -0.1) is 0 Å². The Balaban J connectivity index is 2.49. The van der Waals surface area contributed by atoms with Crippen molar-refractivity contribution in [2.24, 2.45) is 0 Å². The van der Waals surface area contributed by atoms with E-state index in [4.69, 9.17) is 12.2 Å². The predicted molar refractivity (Wildman–Crippen MR) is 67.0 cm³/mol. The van der Waals surface area contributed by atoms with Crippen LogP contribution in [0.4, 0.5) is 5.69 Å². The van der Waals surface area contributed by atoms with E-state index in [0.717, 1.165) is 5.69 Å². The number of likely N-dealkylation sites (N-methyl/N-ethyl adjacent to an activating group) is 1. The van der Waals surface area contributed by atoms with Gasteiger partial charge in [-0.05, 0) is 31.3 Å². The highest BCUT2D eigenvalue weighted by atomic mass is 32.1. The van der Waals surface area contributed by atoms with Gasteiger partial charge in [-0.25, -0.2) is 0 Å². The lowest BCUT2D eigenvalue weighted by Crippen LogP contribution is -2.36. The Kier molecular flexibility index (Phi) is 4.52. The van der Waals surface area contributed by atoms with Crippen molar-refractivity contribution in [1.29, 1.82) is 0 Å². The molecular weight excluding hydrogens is 208 g/mol. The van der Waals surface area contributed by atoms with Gasteiger partial charge >= 0.3 is 0 Å². The second-order valence-electron chi connectivity index (χ2n) is 3.53. The van der Waals surface area contributed by atoms with E-state index in [0.29, 0.717) is 11.7 Å². The number of thiocarbonyl (C=S) groups is 1. The molecule has 0 aromatic heterocycles. The van der Waals surface area contributed by atoms with Crippen molar-refractivity contribution < 1.29 is 5.11 Å². The molecule has 0 aliphatic rings. The van der Waals surface area contributed by atoms with Crippen LogP contribution in [0.2, 0.25) is 0 Å². The van der Waals surface area contributed by atoms with E-state index in [1.165, 1.54) is 0 Å². The molecule has 1 aromatic carbocycles. The fourth-order valence-electron chi connectivity index (χ4n) is 1.22. The maximum atomic E-state index is 9.21. The maximum absolute atomic E-state index is 9.21. The summed E-state index contributed by atoms with van der Waals surface area (Å²) in [6, 6.07) is 9.73. The van der Waals surface area contributed by atoms with Gasteiger partial charge in [-0.3, -0.25) is 0 Å². The van der Waals surface area contributed by atoms with E-state index in [9.17, 15) is 5.11 Å². The van der Waals surface area contributed by atoms with Gasteiger partial charge in [0.05, 0.1) is 6.10 Å². The van der Waals surface area contributed by atoms with Crippen molar-refractivity contribution in [2.75, 3.05) is 18.9 Å². The minimum absolute atomic E-state index is 0.384. The number of para-hydroxylation sites is 1. The smallest absolute Gasteiger partial charge is 0.173 e. The Morgan fingerprint density at radius 1 is 1.47 bits per heavy atom. The monoisotopic (exact) mass is 224 g/mol. The summed E-state index contributed by atoms with van der Waals surface area (Å²) in [6.07, 6.45) is -0.384. The van der Waals surface area contributed by atoms with E-state index in [-0.39, 0.29) is 6.10 Å². The Morgan fingerprint density at radius 2 is 2.07 bits per heavy atom. The molecule has 15 heavy (non-hydrogen) atoms. The number of nitrogens with zero attached hydrogens (tertiary/aromatic N) is 1. The quantitative estimate of drug-likeness (QED) is 0.766. The summed E-state index contributed by atoms with van der Waals surface area (Å²) in [5.41, 5.74) is 0.958. The Bertz CT molecular complexity index is 314. The average Bonchev–Trinajstić information content (AvgIpc) is 2.18. The van der Waals surface area contributed by atoms with E-state index >= 15 is 0 Å². The maximum Gasteiger partial charge on any atom is 0.173 e. The van der Waals surface area contributed by atoms with E-state index < -0.39 is 0 Å². The van der Waals surface area contributed by atoms with Crippen molar-refractivity contribution in [3.63, 3.8) is 0 Å². The first-order valence-corrected chi connectivity index (χ1v) is 5.25. The van der Waals surface area contributed by atoms with Gasteiger partial charge in [0.1, 0.15) is 0 Å². The van der Waals surface area contributed by atoms with Gasteiger partial charge in [-0.1, -0.05) is 18.2 Å². The second kappa shape index (κ2) is 5.68. The minimum atomic E-state index is -0.384. The van der Waals surface area contributed by atoms with Crippen LogP contribution in [0.5, 0.6) is 0 Å². The molecule has 0 amide bonds. The molecule has 82 valence electrons. The third-order valence-corrected chi connectivity index (χ3v) is 2.32. The number of benzene rings is 1. The molecule has 0 spiro atoms. The summed E-state index contributed by atoms with van der Waals surface area (Å²) in [6.45, 7) is 2.26.